The summed E-state index contributed by atoms with van der Waals surface area (Å²) in [5, 5.41) is 8.76. The first-order valence-electron chi connectivity index (χ1n) is 4.10. The summed E-state index contributed by atoms with van der Waals surface area (Å²) in [6, 6.07) is 2.21. The number of hydrogen-bond donors (Lipinski definition) is 1. The van der Waals surface area contributed by atoms with Crippen LogP contribution in [0.4, 0.5) is 5.88 Å². The molecule has 0 bridgehead atoms. The van der Waals surface area contributed by atoms with Crippen molar-refractivity contribution < 1.29 is 19.1 Å². The fraction of sp³-hybridized carbons (Fsp3) is 0.333. The van der Waals surface area contributed by atoms with E-state index in [1.807, 2.05) is 0 Å². The van der Waals surface area contributed by atoms with Crippen LogP contribution in [0.25, 0.3) is 0 Å². The molecule has 0 radical (unpaired) electrons. The number of furan rings is 1. The zero-order valence-electron chi connectivity index (χ0n) is 7.93. The number of hydrogen-bond acceptors (Lipinski definition) is 3. The van der Waals surface area contributed by atoms with Crippen LogP contribution >= 0.6 is 0 Å². The first-order chi connectivity index (χ1) is 6.54. The lowest BCUT2D eigenvalue weighted by atomic mass is 10.3. The van der Waals surface area contributed by atoms with Crippen molar-refractivity contribution in [3.8, 4) is 0 Å². The highest BCUT2D eigenvalue weighted by atomic mass is 16.4. The smallest absolute Gasteiger partial charge is 0.326 e. The molecule has 0 saturated heterocycles. The molecule has 1 rings (SSSR count). The van der Waals surface area contributed by atoms with E-state index in [1.54, 1.807) is 12.1 Å². The predicted molar refractivity (Wildman–Crippen MR) is 49.0 cm³/mol. The molecule has 1 atom stereocenters. The van der Waals surface area contributed by atoms with Crippen LogP contribution in [-0.2, 0) is 9.59 Å². The maximum atomic E-state index is 11.2. The van der Waals surface area contributed by atoms with Crippen LogP contribution in [-0.4, -0.2) is 23.0 Å². The van der Waals surface area contributed by atoms with Crippen LogP contribution in [0.2, 0.25) is 0 Å². The highest BCUT2D eigenvalue weighted by Gasteiger charge is 2.26. The predicted octanol–water partition coefficient (Wildman–Crippen LogP) is 1.11. The molecule has 14 heavy (non-hydrogen) atoms. The number of carbonyl (C=O) groups is 2. The quantitative estimate of drug-likeness (QED) is 0.787. The number of rotatable bonds is 3. The summed E-state index contributed by atoms with van der Waals surface area (Å²) in [4.78, 5) is 23.0. The Hall–Kier alpha value is -1.78. The fourth-order valence-corrected chi connectivity index (χ4v) is 1.14. The van der Waals surface area contributed by atoms with Gasteiger partial charge in [0, 0.05) is 13.0 Å². The van der Waals surface area contributed by atoms with Gasteiger partial charge < -0.3 is 9.52 Å². The maximum absolute atomic E-state index is 11.2. The highest BCUT2D eigenvalue weighted by molar-refractivity contribution is 5.96. The van der Waals surface area contributed by atoms with Crippen molar-refractivity contribution in [1.82, 2.24) is 0 Å². The largest absolute Gasteiger partial charge is 0.480 e. The van der Waals surface area contributed by atoms with E-state index in [1.165, 1.54) is 20.1 Å². The number of anilines is 1. The van der Waals surface area contributed by atoms with E-state index in [9.17, 15) is 9.59 Å². The molecule has 0 aromatic carbocycles. The topological polar surface area (TPSA) is 70.8 Å². The lowest BCUT2D eigenvalue weighted by molar-refractivity contribution is -0.139. The molecule has 1 N–H and O–H groups in total. The second-order valence-corrected chi connectivity index (χ2v) is 2.85. The molecular weight excluding hydrogens is 186 g/mol. The van der Waals surface area contributed by atoms with E-state index in [0.717, 1.165) is 4.90 Å². The van der Waals surface area contributed by atoms with Gasteiger partial charge in [-0.2, -0.15) is 0 Å². The number of aliphatic carboxylic acids is 1. The van der Waals surface area contributed by atoms with E-state index in [2.05, 4.69) is 0 Å². The first kappa shape index (κ1) is 10.3. The minimum Gasteiger partial charge on any atom is -0.480 e. The van der Waals surface area contributed by atoms with E-state index in [0.29, 0.717) is 0 Å². The van der Waals surface area contributed by atoms with Crippen LogP contribution < -0.4 is 4.90 Å². The molecule has 76 valence electrons. The van der Waals surface area contributed by atoms with Crippen LogP contribution in [0.5, 0.6) is 0 Å². The highest BCUT2D eigenvalue weighted by Crippen LogP contribution is 2.17. The number of carboxylic acid groups (broad SMARTS) is 1. The molecule has 1 aromatic heterocycles. The van der Waals surface area contributed by atoms with Gasteiger partial charge in [0.25, 0.3) is 0 Å². The Balaban J connectivity index is 2.97. The van der Waals surface area contributed by atoms with Gasteiger partial charge in [0.1, 0.15) is 6.04 Å². The van der Waals surface area contributed by atoms with Gasteiger partial charge in [-0.1, -0.05) is 0 Å². The normalized spacial score (nSPS) is 12.1. The number of carbonyl (C=O) groups excluding carboxylic acids is 1. The van der Waals surface area contributed by atoms with E-state index in [4.69, 9.17) is 9.52 Å². The average molecular weight is 197 g/mol. The van der Waals surface area contributed by atoms with Crippen LogP contribution in [0, 0.1) is 0 Å². The maximum Gasteiger partial charge on any atom is 0.326 e. The monoisotopic (exact) mass is 197 g/mol. The molecule has 0 aliphatic carbocycles. The second kappa shape index (κ2) is 3.95. The standard InChI is InChI=1S/C9H11NO4/c1-6(9(12)13)10(7(2)11)8-4-3-5-14-8/h3-6H,1-2H3,(H,12,13)/t6-/m1/s1. The van der Waals surface area contributed by atoms with Crippen molar-refractivity contribution in [1.29, 1.82) is 0 Å². The summed E-state index contributed by atoms with van der Waals surface area (Å²) in [7, 11) is 0. The molecule has 1 aromatic rings. The van der Waals surface area contributed by atoms with Crippen LogP contribution in [0.15, 0.2) is 22.8 Å². The van der Waals surface area contributed by atoms with Crippen molar-refractivity contribution in [2.75, 3.05) is 4.90 Å². The zero-order chi connectivity index (χ0) is 10.7. The van der Waals surface area contributed by atoms with Gasteiger partial charge in [-0.15, -0.1) is 0 Å². The Morgan fingerprint density at radius 1 is 1.57 bits per heavy atom. The third-order valence-corrected chi connectivity index (χ3v) is 1.83. The van der Waals surface area contributed by atoms with Crippen molar-refractivity contribution in [2.24, 2.45) is 0 Å². The van der Waals surface area contributed by atoms with Crippen molar-refractivity contribution in [2.45, 2.75) is 19.9 Å². The number of amides is 1. The SMILES string of the molecule is CC(=O)N(c1ccco1)[C@H](C)C(=O)O. The Morgan fingerprint density at radius 3 is 2.57 bits per heavy atom. The summed E-state index contributed by atoms with van der Waals surface area (Å²) in [5.41, 5.74) is 0. The molecule has 0 saturated carbocycles. The zero-order valence-corrected chi connectivity index (χ0v) is 7.93. The van der Waals surface area contributed by atoms with Crippen LogP contribution in [0.3, 0.4) is 0 Å². The minimum atomic E-state index is -1.07. The minimum absolute atomic E-state index is 0.243. The number of nitrogens with zero attached hydrogens (tertiary/aromatic N) is 1. The van der Waals surface area contributed by atoms with Gasteiger partial charge in [-0.25, -0.2) is 4.79 Å². The molecule has 5 nitrogen and oxygen atoms in total. The van der Waals surface area contributed by atoms with Crippen molar-refractivity contribution in [3.05, 3.63) is 18.4 Å². The van der Waals surface area contributed by atoms with Crippen LogP contribution in [0.1, 0.15) is 13.8 Å². The Kier molecular flexibility index (Phi) is 2.91. The van der Waals surface area contributed by atoms with Crippen molar-refractivity contribution >= 4 is 17.8 Å². The van der Waals surface area contributed by atoms with E-state index in [-0.39, 0.29) is 11.8 Å². The fourth-order valence-electron chi connectivity index (χ4n) is 1.14. The van der Waals surface area contributed by atoms with Gasteiger partial charge in [0.2, 0.25) is 11.8 Å². The van der Waals surface area contributed by atoms with Gasteiger partial charge in [0.05, 0.1) is 6.26 Å². The molecule has 0 fully saturated rings. The van der Waals surface area contributed by atoms with Crippen molar-refractivity contribution in [3.63, 3.8) is 0 Å². The molecule has 1 heterocycles. The van der Waals surface area contributed by atoms with E-state index < -0.39 is 12.0 Å². The van der Waals surface area contributed by atoms with E-state index >= 15 is 0 Å². The Bertz CT molecular complexity index is 331. The Morgan fingerprint density at radius 2 is 2.21 bits per heavy atom. The molecule has 1 amide bonds. The number of carboxylic acids is 1. The third kappa shape index (κ3) is 1.93. The lowest BCUT2D eigenvalue weighted by Crippen LogP contribution is -2.42. The second-order valence-electron chi connectivity index (χ2n) is 2.85. The molecule has 0 aliphatic heterocycles. The third-order valence-electron chi connectivity index (χ3n) is 1.83. The lowest BCUT2D eigenvalue weighted by Gasteiger charge is -2.21. The summed E-state index contributed by atoms with van der Waals surface area (Å²) in [6.45, 7) is 2.72. The molecule has 0 aliphatic rings. The summed E-state index contributed by atoms with van der Waals surface area (Å²) < 4.78 is 4.97. The molecular formula is C9H11NO4. The summed E-state index contributed by atoms with van der Waals surface area (Å²) in [6.07, 6.45) is 1.39. The van der Waals surface area contributed by atoms with Gasteiger partial charge in [-0.05, 0) is 13.0 Å². The molecule has 0 unspecified atom stereocenters. The van der Waals surface area contributed by atoms with Gasteiger partial charge in [-0.3, -0.25) is 9.69 Å². The Labute approximate surface area is 80.9 Å². The average Bonchev–Trinajstić information content (AvgIpc) is 2.56. The summed E-state index contributed by atoms with van der Waals surface area (Å²) in [5.74, 6) is -1.20. The van der Waals surface area contributed by atoms with Gasteiger partial charge in [0.15, 0.2) is 0 Å². The molecule has 5 heteroatoms. The first-order valence-corrected chi connectivity index (χ1v) is 4.10. The summed E-state index contributed by atoms with van der Waals surface area (Å²) >= 11 is 0. The molecule has 0 spiro atoms. The van der Waals surface area contributed by atoms with Gasteiger partial charge >= 0.3 is 5.97 Å².